The van der Waals surface area contributed by atoms with E-state index in [1.54, 1.807) is 11.8 Å². The Bertz CT molecular complexity index is 866. The van der Waals surface area contributed by atoms with Crippen molar-refractivity contribution in [2.24, 2.45) is 5.92 Å². The van der Waals surface area contributed by atoms with E-state index >= 15 is 0 Å². The van der Waals surface area contributed by atoms with E-state index in [0.717, 1.165) is 32.5 Å². The van der Waals surface area contributed by atoms with Gasteiger partial charge in [-0.25, -0.2) is 17.5 Å². The zero-order valence-corrected chi connectivity index (χ0v) is 17.0. The van der Waals surface area contributed by atoms with Crippen LogP contribution in [0.1, 0.15) is 18.4 Å². The zero-order valence-electron chi connectivity index (χ0n) is 15.4. The fourth-order valence-corrected chi connectivity index (χ4v) is 5.19. The van der Waals surface area contributed by atoms with Crippen molar-refractivity contribution < 1.29 is 12.8 Å². The largest absolute Gasteiger partial charge is 0.299 e. The summed E-state index contributed by atoms with van der Waals surface area (Å²) in [4.78, 5) is 3.44. The lowest BCUT2D eigenvalue weighted by Gasteiger charge is -2.32. The van der Waals surface area contributed by atoms with Crippen molar-refractivity contribution in [1.82, 2.24) is 9.62 Å². The van der Waals surface area contributed by atoms with Gasteiger partial charge in [-0.3, -0.25) is 4.90 Å². The van der Waals surface area contributed by atoms with Crippen LogP contribution in [0.15, 0.2) is 58.3 Å². The van der Waals surface area contributed by atoms with Crippen LogP contribution in [0.4, 0.5) is 4.39 Å². The van der Waals surface area contributed by atoms with Crippen molar-refractivity contribution >= 4 is 21.8 Å². The Morgan fingerprint density at radius 2 is 1.78 bits per heavy atom. The summed E-state index contributed by atoms with van der Waals surface area (Å²) in [5, 5.41) is 0. The molecule has 0 amide bonds. The number of hydrogen-bond donors (Lipinski definition) is 1. The molecule has 0 radical (unpaired) electrons. The SMILES string of the molecule is CSc1ccccc1CN1CCC(CNS(=O)(=O)c2ccccc2F)CC1. The van der Waals surface area contributed by atoms with Gasteiger partial charge in [0.2, 0.25) is 10.0 Å². The van der Waals surface area contributed by atoms with E-state index in [1.165, 1.54) is 34.7 Å². The van der Waals surface area contributed by atoms with Gasteiger partial charge in [-0.2, -0.15) is 0 Å². The van der Waals surface area contributed by atoms with Crippen LogP contribution in [0.3, 0.4) is 0 Å². The third-order valence-electron chi connectivity index (χ3n) is 4.98. The number of sulfonamides is 1. The number of thioether (sulfide) groups is 1. The molecule has 0 aliphatic carbocycles. The summed E-state index contributed by atoms with van der Waals surface area (Å²) in [5.41, 5.74) is 1.34. The molecule has 1 aliphatic rings. The minimum atomic E-state index is -3.80. The minimum Gasteiger partial charge on any atom is -0.299 e. The van der Waals surface area contributed by atoms with Crippen molar-refractivity contribution in [1.29, 1.82) is 0 Å². The first-order valence-corrected chi connectivity index (χ1v) is 11.8. The lowest BCUT2D eigenvalue weighted by Crippen LogP contribution is -2.38. The number of rotatable bonds is 7. The van der Waals surface area contributed by atoms with Gasteiger partial charge in [0, 0.05) is 18.0 Å². The lowest BCUT2D eigenvalue weighted by molar-refractivity contribution is 0.177. The van der Waals surface area contributed by atoms with E-state index in [1.807, 2.05) is 0 Å². The highest BCUT2D eigenvalue weighted by Gasteiger charge is 2.23. The molecule has 1 N–H and O–H groups in total. The Morgan fingerprint density at radius 1 is 1.11 bits per heavy atom. The fourth-order valence-electron chi connectivity index (χ4n) is 3.39. The molecule has 4 nitrogen and oxygen atoms in total. The number of piperidine rings is 1. The normalized spacial score (nSPS) is 16.5. The van der Waals surface area contributed by atoms with E-state index in [2.05, 4.69) is 40.1 Å². The maximum absolute atomic E-state index is 13.7. The molecule has 2 aromatic rings. The van der Waals surface area contributed by atoms with Crippen LogP contribution in [0, 0.1) is 11.7 Å². The van der Waals surface area contributed by atoms with Crippen LogP contribution >= 0.6 is 11.8 Å². The van der Waals surface area contributed by atoms with Gasteiger partial charge >= 0.3 is 0 Å². The second-order valence-electron chi connectivity index (χ2n) is 6.81. The summed E-state index contributed by atoms with van der Waals surface area (Å²) < 4.78 is 40.9. The van der Waals surface area contributed by atoms with Crippen molar-refractivity contribution in [3.05, 3.63) is 59.9 Å². The maximum atomic E-state index is 13.7. The van der Waals surface area contributed by atoms with Crippen LogP contribution < -0.4 is 4.72 Å². The van der Waals surface area contributed by atoms with Crippen molar-refractivity contribution in [3.63, 3.8) is 0 Å². The predicted octanol–water partition coefficient (Wildman–Crippen LogP) is 3.74. The molecule has 0 spiro atoms. The molecule has 1 aliphatic heterocycles. The second-order valence-corrected chi connectivity index (χ2v) is 9.40. The van der Waals surface area contributed by atoms with Crippen LogP contribution in [-0.4, -0.2) is 39.2 Å². The van der Waals surface area contributed by atoms with E-state index in [0.29, 0.717) is 6.54 Å². The second kappa shape index (κ2) is 9.19. The number of hydrogen-bond acceptors (Lipinski definition) is 4. The number of nitrogens with zero attached hydrogens (tertiary/aromatic N) is 1. The van der Waals surface area contributed by atoms with Crippen LogP contribution in [0.5, 0.6) is 0 Å². The Hall–Kier alpha value is -1.41. The molecule has 1 saturated heterocycles. The molecule has 7 heteroatoms. The number of likely N-dealkylation sites (tertiary alicyclic amines) is 1. The third-order valence-corrected chi connectivity index (χ3v) is 7.28. The molecule has 0 bridgehead atoms. The van der Waals surface area contributed by atoms with Gasteiger partial charge in [0.25, 0.3) is 0 Å². The molecular weight excluding hydrogens is 383 g/mol. The number of benzene rings is 2. The van der Waals surface area contributed by atoms with E-state index in [4.69, 9.17) is 0 Å². The van der Waals surface area contributed by atoms with E-state index in [-0.39, 0.29) is 10.8 Å². The molecular formula is C20H25FN2O2S2. The van der Waals surface area contributed by atoms with Gasteiger partial charge < -0.3 is 0 Å². The quantitative estimate of drug-likeness (QED) is 0.709. The standard InChI is InChI=1S/C20H25FN2O2S2/c1-26-19-8-4-2-6-17(19)15-23-12-10-16(11-13-23)14-22-27(24,25)20-9-5-3-7-18(20)21/h2-9,16,22H,10-15H2,1H3. The van der Waals surface area contributed by atoms with Gasteiger partial charge in [-0.05, 0) is 61.9 Å². The molecule has 0 aromatic heterocycles. The average molecular weight is 409 g/mol. The van der Waals surface area contributed by atoms with Crippen molar-refractivity contribution in [2.75, 3.05) is 25.9 Å². The average Bonchev–Trinajstić information content (AvgIpc) is 2.68. The maximum Gasteiger partial charge on any atom is 0.243 e. The van der Waals surface area contributed by atoms with Crippen LogP contribution in [0.2, 0.25) is 0 Å². The Kier molecular flexibility index (Phi) is 6.92. The fraction of sp³-hybridized carbons (Fsp3) is 0.400. The summed E-state index contributed by atoms with van der Waals surface area (Å²) >= 11 is 1.76. The molecule has 1 heterocycles. The molecule has 27 heavy (non-hydrogen) atoms. The highest BCUT2D eigenvalue weighted by atomic mass is 32.2. The van der Waals surface area contributed by atoms with Crippen LogP contribution in [0.25, 0.3) is 0 Å². The van der Waals surface area contributed by atoms with E-state index < -0.39 is 15.8 Å². The van der Waals surface area contributed by atoms with Crippen molar-refractivity contribution in [3.8, 4) is 0 Å². The molecule has 0 atom stereocenters. The monoisotopic (exact) mass is 408 g/mol. The van der Waals surface area contributed by atoms with Gasteiger partial charge in [0.15, 0.2) is 0 Å². The summed E-state index contributed by atoms with van der Waals surface area (Å²) in [6.45, 7) is 3.15. The van der Waals surface area contributed by atoms with Gasteiger partial charge in [0.1, 0.15) is 10.7 Å². The first-order chi connectivity index (χ1) is 13.0. The summed E-state index contributed by atoms with van der Waals surface area (Å²) in [6.07, 6.45) is 3.95. The molecule has 0 unspecified atom stereocenters. The smallest absolute Gasteiger partial charge is 0.243 e. The lowest BCUT2D eigenvalue weighted by atomic mass is 9.97. The molecule has 0 saturated carbocycles. The minimum absolute atomic E-state index is 0.276. The topological polar surface area (TPSA) is 49.4 Å². The highest BCUT2D eigenvalue weighted by Crippen LogP contribution is 2.24. The first-order valence-electron chi connectivity index (χ1n) is 9.08. The van der Waals surface area contributed by atoms with E-state index in [9.17, 15) is 12.8 Å². The van der Waals surface area contributed by atoms with Gasteiger partial charge in [-0.1, -0.05) is 30.3 Å². The zero-order chi connectivity index (χ0) is 19.3. The Morgan fingerprint density at radius 3 is 2.48 bits per heavy atom. The number of halogens is 1. The van der Waals surface area contributed by atoms with Gasteiger partial charge in [0.05, 0.1) is 0 Å². The van der Waals surface area contributed by atoms with Crippen molar-refractivity contribution in [2.45, 2.75) is 29.2 Å². The first kappa shape index (κ1) is 20.3. The molecule has 2 aromatic carbocycles. The Balaban J connectivity index is 1.50. The Labute approximate surface area is 165 Å². The van der Waals surface area contributed by atoms with Gasteiger partial charge in [-0.15, -0.1) is 11.8 Å². The number of nitrogens with one attached hydrogen (secondary N) is 1. The predicted molar refractivity (Wildman–Crippen MR) is 108 cm³/mol. The highest BCUT2D eigenvalue weighted by molar-refractivity contribution is 7.98. The summed E-state index contributed by atoms with van der Waals surface area (Å²) in [5.74, 6) is -0.439. The summed E-state index contributed by atoms with van der Waals surface area (Å²) in [6, 6.07) is 13.9. The molecule has 1 fully saturated rings. The van der Waals surface area contributed by atoms with Crippen LogP contribution in [-0.2, 0) is 16.6 Å². The summed E-state index contributed by atoms with van der Waals surface area (Å²) in [7, 11) is -3.80. The molecule has 3 rings (SSSR count). The third kappa shape index (κ3) is 5.31. The molecule has 146 valence electrons.